The average molecular weight is 536 g/mol. The smallest absolute Gasteiger partial charge is 0.408 e. The Morgan fingerprint density at radius 2 is 1.59 bits per heavy atom. The summed E-state index contributed by atoms with van der Waals surface area (Å²) in [6.07, 6.45) is -0.779. The van der Waals surface area contributed by atoms with E-state index in [2.05, 4.69) is 10.6 Å². The first kappa shape index (κ1) is 29.4. The number of aromatic hydroxyl groups is 1. The molecule has 3 aromatic rings. The van der Waals surface area contributed by atoms with Gasteiger partial charge in [0.2, 0.25) is 5.91 Å². The van der Waals surface area contributed by atoms with E-state index < -0.39 is 42.2 Å². The molecule has 0 aromatic heterocycles. The summed E-state index contributed by atoms with van der Waals surface area (Å²) in [6, 6.07) is 17.0. The fourth-order valence-electron chi connectivity index (χ4n) is 4.25. The van der Waals surface area contributed by atoms with Crippen LogP contribution in [0.2, 0.25) is 0 Å². The van der Waals surface area contributed by atoms with Crippen molar-refractivity contribution in [3.05, 3.63) is 72.3 Å². The zero-order valence-corrected chi connectivity index (χ0v) is 23.0. The number of amides is 3. The van der Waals surface area contributed by atoms with E-state index in [-0.39, 0.29) is 23.8 Å². The number of aliphatic hydroxyl groups is 1. The lowest BCUT2D eigenvalue weighted by molar-refractivity contribution is -0.142. The van der Waals surface area contributed by atoms with Crippen LogP contribution in [0.25, 0.3) is 10.8 Å². The maximum absolute atomic E-state index is 13.9. The highest BCUT2D eigenvalue weighted by Crippen LogP contribution is 2.31. The van der Waals surface area contributed by atoms with Gasteiger partial charge < -0.3 is 30.5 Å². The highest BCUT2D eigenvalue weighted by atomic mass is 16.6. The number of nitrogens with zero attached hydrogens (tertiary/aromatic N) is 1. The van der Waals surface area contributed by atoms with Gasteiger partial charge in [-0.15, -0.1) is 0 Å². The number of aliphatic hydroxyl groups excluding tert-OH is 1. The number of benzene rings is 3. The predicted octanol–water partition coefficient (Wildman–Crippen LogP) is 4.60. The van der Waals surface area contributed by atoms with Crippen molar-refractivity contribution in [2.24, 2.45) is 5.92 Å². The van der Waals surface area contributed by atoms with Gasteiger partial charge >= 0.3 is 6.09 Å². The zero-order valence-electron chi connectivity index (χ0n) is 23.0. The molecular formula is C30H37N3O6. The van der Waals surface area contributed by atoms with Gasteiger partial charge in [-0.1, -0.05) is 62.4 Å². The summed E-state index contributed by atoms with van der Waals surface area (Å²) in [4.78, 5) is 41.5. The quantitative estimate of drug-likeness (QED) is 0.317. The Morgan fingerprint density at radius 3 is 2.21 bits per heavy atom. The first-order valence-electron chi connectivity index (χ1n) is 12.9. The Kier molecular flexibility index (Phi) is 9.53. The third-order valence-electron chi connectivity index (χ3n) is 6.04. The van der Waals surface area contributed by atoms with Gasteiger partial charge in [-0.3, -0.25) is 9.59 Å². The summed E-state index contributed by atoms with van der Waals surface area (Å²) in [7, 11) is 0. The molecule has 9 heteroatoms. The van der Waals surface area contributed by atoms with Crippen LogP contribution in [-0.4, -0.2) is 57.8 Å². The Labute approximate surface area is 228 Å². The maximum Gasteiger partial charge on any atom is 0.408 e. The number of para-hydroxylation sites is 1. The Balaban J connectivity index is 2.00. The monoisotopic (exact) mass is 535 g/mol. The van der Waals surface area contributed by atoms with Crippen LogP contribution in [-0.2, 0) is 14.3 Å². The summed E-state index contributed by atoms with van der Waals surface area (Å²) in [6.45, 7) is 7.97. The van der Waals surface area contributed by atoms with Crippen molar-refractivity contribution >= 4 is 34.4 Å². The van der Waals surface area contributed by atoms with E-state index >= 15 is 0 Å². The number of hydrogen-bond donors (Lipinski definition) is 4. The molecule has 0 aliphatic rings. The normalized spacial score (nSPS) is 13.0. The number of alkyl carbamates (subject to hydrolysis) is 1. The van der Waals surface area contributed by atoms with E-state index in [1.807, 2.05) is 36.4 Å². The van der Waals surface area contributed by atoms with Crippen LogP contribution in [0.3, 0.4) is 0 Å². The molecule has 2 atom stereocenters. The fourth-order valence-corrected chi connectivity index (χ4v) is 4.25. The molecule has 9 nitrogen and oxygen atoms in total. The Bertz CT molecular complexity index is 1320. The third kappa shape index (κ3) is 7.70. The van der Waals surface area contributed by atoms with E-state index in [0.717, 1.165) is 10.8 Å². The molecule has 0 aliphatic carbocycles. The molecule has 0 saturated carbocycles. The minimum absolute atomic E-state index is 0.178. The Hall–Kier alpha value is -4.11. The summed E-state index contributed by atoms with van der Waals surface area (Å²) in [5, 5.41) is 28.0. The van der Waals surface area contributed by atoms with Crippen LogP contribution < -0.4 is 10.6 Å². The van der Waals surface area contributed by atoms with Crippen LogP contribution in [0.5, 0.6) is 5.75 Å². The molecule has 39 heavy (non-hydrogen) atoms. The van der Waals surface area contributed by atoms with Crippen molar-refractivity contribution in [3.8, 4) is 5.75 Å². The lowest BCUT2D eigenvalue weighted by atomic mass is 9.98. The molecule has 3 aromatic carbocycles. The number of ether oxygens (including phenoxy) is 1. The molecule has 0 fully saturated rings. The van der Waals surface area contributed by atoms with Gasteiger partial charge in [0.15, 0.2) is 0 Å². The summed E-state index contributed by atoms with van der Waals surface area (Å²) >= 11 is 0. The molecule has 2 unspecified atom stereocenters. The van der Waals surface area contributed by atoms with Crippen LogP contribution in [0.1, 0.15) is 46.2 Å². The van der Waals surface area contributed by atoms with E-state index in [1.165, 1.54) is 11.0 Å². The molecule has 0 bridgehead atoms. The molecular weight excluding hydrogens is 498 g/mol. The summed E-state index contributed by atoms with van der Waals surface area (Å²) < 4.78 is 5.34. The summed E-state index contributed by atoms with van der Waals surface area (Å²) in [5.41, 5.74) is -0.0995. The van der Waals surface area contributed by atoms with Crippen molar-refractivity contribution in [1.82, 2.24) is 10.2 Å². The number of phenolic OH excluding ortho intramolecular Hbond substituents is 1. The molecule has 0 aliphatic heterocycles. The second kappa shape index (κ2) is 12.6. The van der Waals surface area contributed by atoms with E-state index in [9.17, 15) is 24.6 Å². The highest BCUT2D eigenvalue weighted by molar-refractivity contribution is 6.00. The van der Waals surface area contributed by atoms with Crippen molar-refractivity contribution in [2.45, 2.75) is 52.3 Å². The molecule has 0 heterocycles. The Morgan fingerprint density at radius 1 is 0.949 bits per heavy atom. The first-order valence-corrected chi connectivity index (χ1v) is 12.9. The number of rotatable bonds is 9. The zero-order chi connectivity index (χ0) is 28.7. The predicted molar refractivity (Wildman–Crippen MR) is 150 cm³/mol. The van der Waals surface area contributed by atoms with Crippen LogP contribution in [0, 0.1) is 5.92 Å². The van der Waals surface area contributed by atoms with Crippen molar-refractivity contribution in [3.63, 3.8) is 0 Å². The van der Waals surface area contributed by atoms with Crippen molar-refractivity contribution in [2.75, 3.05) is 18.5 Å². The minimum Gasteiger partial charge on any atom is -0.508 e. The lowest BCUT2D eigenvalue weighted by Gasteiger charge is -2.35. The minimum atomic E-state index is -1.31. The molecule has 3 rings (SSSR count). The second-order valence-corrected chi connectivity index (χ2v) is 10.6. The molecule has 4 N–H and O–H groups in total. The van der Waals surface area contributed by atoms with Crippen molar-refractivity contribution < 1.29 is 29.3 Å². The van der Waals surface area contributed by atoms with E-state index in [4.69, 9.17) is 4.74 Å². The molecule has 3 amide bonds. The number of carbonyl (C=O) groups excluding carboxylic acids is 3. The van der Waals surface area contributed by atoms with Gasteiger partial charge in [-0.25, -0.2) is 4.79 Å². The SMILES string of the molecule is CC(C)C(NC(=O)OC(C)(C)C)C(=O)N(CCO)C(C(=O)Nc1ccc2ccccc2c1)c1ccccc1O. The second-order valence-electron chi connectivity index (χ2n) is 10.6. The van der Waals surface area contributed by atoms with Gasteiger partial charge in [-0.05, 0) is 55.7 Å². The summed E-state index contributed by atoms with van der Waals surface area (Å²) in [5.74, 6) is -1.76. The molecule has 208 valence electrons. The standard InChI is InChI=1S/C30H37N3O6/c1-19(2)25(32-29(38)39-30(3,4)5)28(37)33(16-17-34)26(23-12-8-9-13-24(23)35)27(36)31-22-15-14-20-10-6-7-11-21(20)18-22/h6-15,18-19,25-26,34-35H,16-17H2,1-5H3,(H,31,36)(H,32,38). The number of hydrogen-bond acceptors (Lipinski definition) is 6. The number of carbonyl (C=O) groups is 3. The average Bonchev–Trinajstić information content (AvgIpc) is 2.86. The molecule has 0 radical (unpaired) electrons. The van der Waals surface area contributed by atoms with Crippen LogP contribution >= 0.6 is 0 Å². The van der Waals surface area contributed by atoms with Gasteiger partial charge in [0.05, 0.1) is 6.61 Å². The number of fused-ring (bicyclic) bond motifs is 1. The molecule has 0 spiro atoms. The van der Waals surface area contributed by atoms with Crippen molar-refractivity contribution in [1.29, 1.82) is 0 Å². The van der Waals surface area contributed by atoms with Gasteiger partial charge in [-0.2, -0.15) is 0 Å². The topological polar surface area (TPSA) is 128 Å². The largest absolute Gasteiger partial charge is 0.508 e. The van der Waals surface area contributed by atoms with E-state index in [0.29, 0.717) is 5.69 Å². The number of nitrogens with one attached hydrogen (secondary N) is 2. The third-order valence-corrected chi connectivity index (χ3v) is 6.04. The molecule has 0 saturated heterocycles. The van der Waals surface area contributed by atoms with Gasteiger partial charge in [0, 0.05) is 17.8 Å². The maximum atomic E-state index is 13.9. The van der Waals surface area contributed by atoms with Crippen LogP contribution in [0.4, 0.5) is 10.5 Å². The number of anilines is 1. The van der Waals surface area contributed by atoms with Gasteiger partial charge in [0.25, 0.3) is 5.91 Å². The van der Waals surface area contributed by atoms with Crippen LogP contribution in [0.15, 0.2) is 66.7 Å². The number of phenols is 1. The highest BCUT2D eigenvalue weighted by Gasteiger charge is 2.38. The first-order chi connectivity index (χ1) is 18.4. The van der Waals surface area contributed by atoms with E-state index in [1.54, 1.807) is 58.9 Å². The lowest BCUT2D eigenvalue weighted by Crippen LogP contribution is -2.55. The fraction of sp³-hybridized carbons (Fsp3) is 0.367. The van der Waals surface area contributed by atoms with Gasteiger partial charge in [0.1, 0.15) is 23.4 Å².